The Morgan fingerprint density at radius 3 is 2.89 bits per heavy atom. The second-order valence-electron chi connectivity index (χ2n) is 5.05. The van der Waals surface area contributed by atoms with Gasteiger partial charge in [-0.1, -0.05) is 12.8 Å². The molecular weight excluding hydrogens is 226 g/mol. The normalized spacial score (nSPS) is 17.7. The predicted molar refractivity (Wildman–Crippen MR) is 73.9 cm³/mol. The first kappa shape index (κ1) is 13.1. The molecule has 0 bridgehead atoms. The van der Waals surface area contributed by atoms with Gasteiger partial charge in [0.25, 0.3) is 0 Å². The van der Waals surface area contributed by atoms with E-state index in [2.05, 4.69) is 10.3 Å². The van der Waals surface area contributed by atoms with Gasteiger partial charge in [0.1, 0.15) is 0 Å². The van der Waals surface area contributed by atoms with E-state index in [9.17, 15) is 0 Å². The van der Waals surface area contributed by atoms with E-state index >= 15 is 0 Å². The molecule has 0 radical (unpaired) electrons. The van der Waals surface area contributed by atoms with Gasteiger partial charge in [-0.05, 0) is 43.9 Å². The summed E-state index contributed by atoms with van der Waals surface area (Å²) in [5.74, 6) is 1.66. The van der Waals surface area contributed by atoms with Gasteiger partial charge in [0.05, 0.1) is 6.61 Å². The Balaban J connectivity index is 2.00. The molecule has 1 aromatic rings. The van der Waals surface area contributed by atoms with E-state index in [0.717, 1.165) is 24.7 Å². The van der Waals surface area contributed by atoms with Crippen LogP contribution in [0.4, 0.5) is 5.82 Å². The number of pyridine rings is 1. The first-order valence-electron chi connectivity index (χ1n) is 6.81. The lowest BCUT2D eigenvalue weighted by molar-refractivity contribution is 0.326. The van der Waals surface area contributed by atoms with Crippen molar-refractivity contribution >= 4 is 5.82 Å². The molecule has 4 heteroatoms. The molecule has 4 nitrogen and oxygen atoms in total. The van der Waals surface area contributed by atoms with Crippen LogP contribution in [-0.4, -0.2) is 24.7 Å². The third-order valence-electron chi connectivity index (χ3n) is 3.80. The van der Waals surface area contributed by atoms with E-state index in [1.807, 2.05) is 19.1 Å². The highest BCUT2D eigenvalue weighted by Gasteiger charge is 2.32. The Hall–Kier alpha value is -1.29. The minimum atomic E-state index is 0.251. The van der Waals surface area contributed by atoms with Crippen molar-refractivity contribution in [2.45, 2.75) is 32.6 Å². The van der Waals surface area contributed by atoms with E-state index in [1.54, 1.807) is 6.20 Å². The van der Waals surface area contributed by atoms with E-state index < -0.39 is 0 Å². The van der Waals surface area contributed by atoms with Crippen molar-refractivity contribution in [3.8, 4) is 5.75 Å². The minimum absolute atomic E-state index is 0.251. The number of hydrogen-bond acceptors (Lipinski definition) is 4. The number of ether oxygens (including phenoxy) is 1. The SMILES string of the molecule is CCOc1cccnc1NCC1(CN)CCCC1. The molecule has 0 atom stereocenters. The summed E-state index contributed by atoms with van der Waals surface area (Å²) < 4.78 is 5.56. The van der Waals surface area contributed by atoms with Crippen molar-refractivity contribution in [2.75, 3.05) is 25.0 Å². The van der Waals surface area contributed by atoms with Gasteiger partial charge in [0.15, 0.2) is 11.6 Å². The van der Waals surface area contributed by atoms with Crippen LogP contribution < -0.4 is 15.8 Å². The van der Waals surface area contributed by atoms with E-state index in [4.69, 9.17) is 10.5 Å². The van der Waals surface area contributed by atoms with Crippen LogP contribution in [0.5, 0.6) is 5.75 Å². The standard InChI is InChI=1S/C14H23N3O/c1-2-18-12-6-5-9-16-13(12)17-11-14(10-15)7-3-4-8-14/h5-6,9H,2-4,7-8,10-11,15H2,1H3,(H,16,17). The zero-order valence-electron chi connectivity index (χ0n) is 11.1. The maximum atomic E-state index is 5.94. The first-order chi connectivity index (χ1) is 8.79. The number of rotatable bonds is 6. The highest BCUT2D eigenvalue weighted by molar-refractivity contribution is 5.49. The van der Waals surface area contributed by atoms with Crippen LogP contribution in [0.2, 0.25) is 0 Å². The van der Waals surface area contributed by atoms with Gasteiger partial charge in [-0.25, -0.2) is 4.98 Å². The molecular formula is C14H23N3O. The quantitative estimate of drug-likeness (QED) is 0.813. The fourth-order valence-electron chi connectivity index (χ4n) is 2.64. The van der Waals surface area contributed by atoms with E-state index in [-0.39, 0.29) is 5.41 Å². The maximum Gasteiger partial charge on any atom is 0.168 e. The van der Waals surface area contributed by atoms with Crippen LogP contribution in [0.25, 0.3) is 0 Å². The Bertz CT molecular complexity index is 375. The van der Waals surface area contributed by atoms with Crippen LogP contribution >= 0.6 is 0 Å². The summed E-state index contributed by atoms with van der Waals surface area (Å²) in [6, 6.07) is 3.84. The number of anilines is 1. The maximum absolute atomic E-state index is 5.94. The summed E-state index contributed by atoms with van der Waals surface area (Å²) >= 11 is 0. The van der Waals surface area contributed by atoms with Gasteiger partial charge in [0, 0.05) is 12.7 Å². The molecule has 1 saturated carbocycles. The molecule has 2 rings (SSSR count). The molecule has 3 N–H and O–H groups in total. The Morgan fingerprint density at radius 1 is 1.44 bits per heavy atom. The molecule has 1 fully saturated rings. The van der Waals surface area contributed by atoms with Crippen molar-refractivity contribution in [1.29, 1.82) is 0 Å². The summed E-state index contributed by atoms with van der Waals surface area (Å²) in [4.78, 5) is 4.35. The highest BCUT2D eigenvalue weighted by atomic mass is 16.5. The van der Waals surface area contributed by atoms with Crippen molar-refractivity contribution in [1.82, 2.24) is 4.98 Å². The van der Waals surface area contributed by atoms with E-state index in [0.29, 0.717) is 6.61 Å². The molecule has 1 heterocycles. The third-order valence-corrected chi connectivity index (χ3v) is 3.80. The number of nitrogens with zero attached hydrogens (tertiary/aromatic N) is 1. The largest absolute Gasteiger partial charge is 0.490 e. The molecule has 0 aliphatic heterocycles. The van der Waals surface area contributed by atoms with Crippen LogP contribution in [0.3, 0.4) is 0 Å². The number of nitrogens with two attached hydrogens (primary N) is 1. The zero-order chi connectivity index (χ0) is 12.8. The lowest BCUT2D eigenvalue weighted by Gasteiger charge is -2.28. The highest BCUT2D eigenvalue weighted by Crippen LogP contribution is 2.37. The fraction of sp³-hybridized carbons (Fsp3) is 0.643. The average Bonchev–Trinajstić information content (AvgIpc) is 2.88. The zero-order valence-corrected chi connectivity index (χ0v) is 11.1. The lowest BCUT2D eigenvalue weighted by Crippen LogP contribution is -2.34. The second kappa shape index (κ2) is 6.05. The van der Waals surface area contributed by atoms with Gasteiger partial charge in [-0.3, -0.25) is 0 Å². The summed E-state index contributed by atoms with van der Waals surface area (Å²) in [6.45, 7) is 4.27. The van der Waals surface area contributed by atoms with Crippen LogP contribution in [0, 0.1) is 5.41 Å². The Kier molecular flexibility index (Phi) is 4.42. The van der Waals surface area contributed by atoms with Crippen molar-refractivity contribution < 1.29 is 4.74 Å². The molecule has 1 aliphatic carbocycles. The van der Waals surface area contributed by atoms with E-state index in [1.165, 1.54) is 25.7 Å². The third kappa shape index (κ3) is 2.93. The Morgan fingerprint density at radius 2 is 2.22 bits per heavy atom. The number of nitrogens with one attached hydrogen (secondary N) is 1. The Labute approximate surface area is 109 Å². The molecule has 0 unspecified atom stereocenters. The topological polar surface area (TPSA) is 60.2 Å². The summed E-state index contributed by atoms with van der Waals surface area (Å²) in [7, 11) is 0. The van der Waals surface area contributed by atoms with Gasteiger partial charge in [0.2, 0.25) is 0 Å². The fourth-order valence-corrected chi connectivity index (χ4v) is 2.64. The van der Waals surface area contributed by atoms with Crippen molar-refractivity contribution in [3.05, 3.63) is 18.3 Å². The summed E-state index contributed by atoms with van der Waals surface area (Å²) in [5, 5.41) is 3.42. The minimum Gasteiger partial charge on any atom is -0.490 e. The number of hydrogen-bond donors (Lipinski definition) is 2. The molecule has 1 aromatic heterocycles. The summed E-state index contributed by atoms with van der Waals surface area (Å²) in [6.07, 6.45) is 6.80. The lowest BCUT2D eigenvalue weighted by atomic mass is 9.86. The van der Waals surface area contributed by atoms with Crippen LogP contribution in [0.15, 0.2) is 18.3 Å². The summed E-state index contributed by atoms with van der Waals surface area (Å²) in [5.41, 5.74) is 6.19. The van der Waals surface area contributed by atoms with Gasteiger partial charge in [-0.2, -0.15) is 0 Å². The average molecular weight is 249 g/mol. The van der Waals surface area contributed by atoms with Gasteiger partial charge >= 0.3 is 0 Å². The molecule has 0 aromatic carbocycles. The predicted octanol–water partition coefficient (Wildman–Crippen LogP) is 2.41. The van der Waals surface area contributed by atoms with Crippen LogP contribution in [0.1, 0.15) is 32.6 Å². The molecule has 100 valence electrons. The van der Waals surface area contributed by atoms with Gasteiger partial charge < -0.3 is 15.8 Å². The van der Waals surface area contributed by atoms with Crippen molar-refractivity contribution in [2.24, 2.45) is 11.1 Å². The smallest absolute Gasteiger partial charge is 0.168 e. The monoisotopic (exact) mass is 249 g/mol. The second-order valence-corrected chi connectivity index (χ2v) is 5.05. The molecule has 0 saturated heterocycles. The molecule has 18 heavy (non-hydrogen) atoms. The molecule has 1 aliphatic rings. The molecule has 0 amide bonds. The van der Waals surface area contributed by atoms with Crippen molar-refractivity contribution in [3.63, 3.8) is 0 Å². The first-order valence-corrected chi connectivity index (χ1v) is 6.81. The molecule has 0 spiro atoms. The van der Waals surface area contributed by atoms with Crippen LogP contribution in [-0.2, 0) is 0 Å². The van der Waals surface area contributed by atoms with Gasteiger partial charge in [-0.15, -0.1) is 0 Å². The number of aromatic nitrogens is 1.